The third-order valence-electron chi connectivity index (χ3n) is 3.18. The second-order valence-corrected chi connectivity index (χ2v) is 4.85. The summed E-state index contributed by atoms with van der Waals surface area (Å²) in [6.45, 7) is 1.64. The lowest BCUT2D eigenvalue weighted by Crippen LogP contribution is -2.25. The van der Waals surface area contributed by atoms with Crippen LogP contribution in [0.4, 0.5) is 5.69 Å². The van der Waals surface area contributed by atoms with Crippen LogP contribution in [0.5, 0.6) is 0 Å². The molecule has 2 rings (SSSR count). The van der Waals surface area contributed by atoms with Crippen LogP contribution in [0, 0.1) is 17.0 Å². The van der Waals surface area contributed by atoms with Crippen LogP contribution in [-0.4, -0.2) is 22.2 Å². The van der Waals surface area contributed by atoms with E-state index in [-0.39, 0.29) is 5.69 Å². The number of benzene rings is 2. The zero-order chi connectivity index (χ0) is 16.8. The van der Waals surface area contributed by atoms with Crippen LogP contribution in [0.25, 0.3) is 0 Å². The fourth-order valence-corrected chi connectivity index (χ4v) is 1.92. The van der Waals surface area contributed by atoms with Gasteiger partial charge in [0.05, 0.1) is 11.1 Å². The van der Waals surface area contributed by atoms with Crippen LogP contribution in [0.1, 0.15) is 22.8 Å². The number of nitrogens with one attached hydrogen (secondary N) is 1. The molecule has 1 atom stereocenters. The van der Waals surface area contributed by atoms with Crippen molar-refractivity contribution in [1.82, 2.24) is 5.43 Å². The Hall–Kier alpha value is -3.06. The first-order chi connectivity index (χ1) is 11.0. The lowest BCUT2D eigenvalue weighted by atomic mass is 10.1. The molecule has 0 heterocycles. The van der Waals surface area contributed by atoms with Crippen LogP contribution in [0.2, 0.25) is 0 Å². The number of aliphatic hydroxyl groups is 1. The smallest absolute Gasteiger partial charge is 0.273 e. The van der Waals surface area contributed by atoms with E-state index >= 15 is 0 Å². The number of hydrogen-bond donors (Lipinski definition) is 2. The molecule has 7 heteroatoms. The molecule has 0 saturated heterocycles. The van der Waals surface area contributed by atoms with E-state index in [1.54, 1.807) is 49.4 Å². The Morgan fingerprint density at radius 2 is 2.00 bits per heavy atom. The number of aliphatic hydroxyl groups excluding tert-OH is 1. The van der Waals surface area contributed by atoms with E-state index in [9.17, 15) is 20.0 Å². The van der Waals surface area contributed by atoms with Crippen LogP contribution >= 0.6 is 0 Å². The van der Waals surface area contributed by atoms with Crippen molar-refractivity contribution in [3.8, 4) is 0 Å². The van der Waals surface area contributed by atoms with E-state index in [0.717, 1.165) is 0 Å². The zero-order valence-electron chi connectivity index (χ0n) is 12.3. The van der Waals surface area contributed by atoms with E-state index in [1.165, 1.54) is 12.3 Å². The number of aryl methyl sites for hydroxylation is 1. The number of hydrazone groups is 1. The van der Waals surface area contributed by atoms with Crippen molar-refractivity contribution >= 4 is 17.8 Å². The topological polar surface area (TPSA) is 105 Å². The summed E-state index contributed by atoms with van der Waals surface area (Å²) in [7, 11) is 0. The quantitative estimate of drug-likeness (QED) is 0.501. The molecule has 7 nitrogen and oxygen atoms in total. The Balaban J connectivity index is 2.03. The summed E-state index contributed by atoms with van der Waals surface area (Å²) in [5.41, 5.74) is 3.64. The first-order valence-electron chi connectivity index (χ1n) is 6.80. The van der Waals surface area contributed by atoms with Crippen molar-refractivity contribution in [2.75, 3.05) is 0 Å². The molecule has 118 valence electrons. The minimum absolute atomic E-state index is 0.0235. The fraction of sp³-hybridized carbons (Fsp3) is 0.125. The van der Waals surface area contributed by atoms with Crippen molar-refractivity contribution in [2.45, 2.75) is 13.0 Å². The number of carbonyl (C=O) groups excluding carboxylic acids is 1. The molecule has 2 aromatic carbocycles. The maximum Gasteiger partial charge on any atom is 0.273 e. The van der Waals surface area contributed by atoms with Crippen LogP contribution in [-0.2, 0) is 4.79 Å². The molecular weight excluding hydrogens is 298 g/mol. The van der Waals surface area contributed by atoms with Gasteiger partial charge in [-0.05, 0) is 12.5 Å². The van der Waals surface area contributed by atoms with Crippen molar-refractivity contribution in [1.29, 1.82) is 0 Å². The summed E-state index contributed by atoms with van der Waals surface area (Å²) in [5, 5.41) is 24.4. The van der Waals surface area contributed by atoms with Gasteiger partial charge in [0, 0.05) is 17.2 Å². The second kappa shape index (κ2) is 7.28. The van der Waals surface area contributed by atoms with Gasteiger partial charge in [-0.15, -0.1) is 0 Å². The van der Waals surface area contributed by atoms with Gasteiger partial charge in [0.1, 0.15) is 0 Å². The highest BCUT2D eigenvalue weighted by Crippen LogP contribution is 2.18. The van der Waals surface area contributed by atoms with Gasteiger partial charge in [-0.1, -0.05) is 42.5 Å². The van der Waals surface area contributed by atoms with Gasteiger partial charge in [-0.2, -0.15) is 5.10 Å². The maximum absolute atomic E-state index is 11.8. The number of rotatable bonds is 5. The first kappa shape index (κ1) is 16.3. The highest BCUT2D eigenvalue weighted by Gasteiger charge is 2.16. The average molecular weight is 313 g/mol. The van der Waals surface area contributed by atoms with Gasteiger partial charge < -0.3 is 5.11 Å². The molecular formula is C16H15N3O4. The lowest BCUT2D eigenvalue weighted by Gasteiger charge is -2.08. The molecule has 1 amide bonds. The normalized spacial score (nSPS) is 12.1. The number of amides is 1. The van der Waals surface area contributed by atoms with E-state index in [0.29, 0.717) is 16.7 Å². The molecule has 0 bridgehead atoms. The van der Waals surface area contributed by atoms with Gasteiger partial charge in [0.2, 0.25) is 0 Å². The molecule has 0 spiro atoms. The highest BCUT2D eigenvalue weighted by molar-refractivity contribution is 5.85. The van der Waals surface area contributed by atoms with Gasteiger partial charge >= 0.3 is 0 Å². The Bertz CT molecular complexity index is 744. The van der Waals surface area contributed by atoms with E-state index in [4.69, 9.17) is 0 Å². The summed E-state index contributed by atoms with van der Waals surface area (Å²) in [5.74, 6) is -0.686. The number of hydrogen-bond acceptors (Lipinski definition) is 5. The van der Waals surface area contributed by atoms with Gasteiger partial charge in [-0.3, -0.25) is 14.9 Å². The predicted octanol–water partition coefficient (Wildman–Crippen LogP) is 2.09. The standard InChI is InChI=1S/C16H15N3O4/c1-11-7-8-12(9-14(11)19(22)23)10-17-18-16(21)15(20)13-5-3-2-4-6-13/h2-10,15,20H,1H3,(H,18,21)/b17-10-/t15-/m0/s1. The minimum atomic E-state index is -1.33. The molecule has 0 aromatic heterocycles. The number of carbonyl (C=O) groups is 1. The zero-order valence-corrected chi connectivity index (χ0v) is 12.3. The predicted molar refractivity (Wildman–Crippen MR) is 85.0 cm³/mol. The Morgan fingerprint density at radius 1 is 1.30 bits per heavy atom. The lowest BCUT2D eigenvalue weighted by molar-refractivity contribution is -0.385. The fourth-order valence-electron chi connectivity index (χ4n) is 1.92. The van der Waals surface area contributed by atoms with E-state index < -0.39 is 16.9 Å². The van der Waals surface area contributed by atoms with Gasteiger partial charge in [0.25, 0.3) is 11.6 Å². The Kier molecular flexibility index (Phi) is 5.16. The molecule has 2 N–H and O–H groups in total. The maximum atomic E-state index is 11.8. The van der Waals surface area contributed by atoms with Crippen molar-refractivity contribution in [2.24, 2.45) is 5.10 Å². The summed E-state index contributed by atoms with van der Waals surface area (Å²) >= 11 is 0. The molecule has 0 saturated carbocycles. The van der Waals surface area contributed by atoms with Crippen LogP contribution < -0.4 is 5.43 Å². The van der Waals surface area contributed by atoms with Crippen molar-refractivity contribution in [3.05, 3.63) is 75.3 Å². The van der Waals surface area contributed by atoms with E-state index in [2.05, 4.69) is 10.5 Å². The molecule has 0 aliphatic rings. The summed E-state index contributed by atoms with van der Waals surface area (Å²) in [6, 6.07) is 13.0. The first-order valence-corrected chi connectivity index (χ1v) is 6.80. The van der Waals surface area contributed by atoms with Gasteiger partial charge in [0.15, 0.2) is 6.10 Å². The summed E-state index contributed by atoms with van der Waals surface area (Å²) < 4.78 is 0. The van der Waals surface area contributed by atoms with Crippen LogP contribution in [0.15, 0.2) is 53.6 Å². The average Bonchev–Trinajstić information content (AvgIpc) is 2.56. The third kappa shape index (κ3) is 4.21. The molecule has 0 aliphatic carbocycles. The van der Waals surface area contributed by atoms with Crippen LogP contribution in [0.3, 0.4) is 0 Å². The number of nitro groups is 1. The third-order valence-corrected chi connectivity index (χ3v) is 3.18. The number of nitrogens with zero attached hydrogens (tertiary/aromatic N) is 2. The highest BCUT2D eigenvalue weighted by atomic mass is 16.6. The Labute approximate surface area is 132 Å². The minimum Gasteiger partial charge on any atom is -0.378 e. The van der Waals surface area contributed by atoms with Gasteiger partial charge in [-0.25, -0.2) is 5.43 Å². The molecule has 0 unspecified atom stereocenters. The Morgan fingerprint density at radius 3 is 2.65 bits per heavy atom. The second-order valence-electron chi connectivity index (χ2n) is 4.85. The van der Waals surface area contributed by atoms with Crippen molar-refractivity contribution < 1.29 is 14.8 Å². The van der Waals surface area contributed by atoms with Crippen molar-refractivity contribution in [3.63, 3.8) is 0 Å². The number of nitro benzene ring substituents is 1. The SMILES string of the molecule is Cc1ccc(/C=N\NC(=O)[C@@H](O)c2ccccc2)cc1[N+](=O)[O-]. The molecule has 0 fully saturated rings. The summed E-state index contributed by atoms with van der Waals surface area (Å²) in [4.78, 5) is 22.2. The summed E-state index contributed by atoms with van der Waals surface area (Å²) in [6.07, 6.45) is -0.0529. The molecule has 23 heavy (non-hydrogen) atoms. The largest absolute Gasteiger partial charge is 0.378 e. The molecule has 2 aromatic rings. The van der Waals surface area contributed by atoms with E-state index in [1.807, 2.05) is 0 Å². The molecule has 0 aliphatic heterocycles. The monoisotopic (exact) mass is 313 g/mol. The molecule has 0 radical (unpaired) electrons.